The molecule has 22 heavy (non-hydrogen) atoms. The average Bonchev–Trinajstić information content (AvgIpc) is 2.46. The molecule has 114 valence electrons. The van der Waals surface area contributed by atoms with Gasteiger partial charge < -0.3 is 10.6 Å². The Morgan fingerprint density at radius 2 is 1.82 bits per heavy atom. The van der Waals surface area contributed by atoms with E-state index < -0.39 is 0 Å². The molecule has 0 fully saturated rings. The van der Waals surface area contributed by atoms with Crippen LogP contribution >= 0.6 is 0 Å². The number of carbonyl (C=O) groups excluding carboxylic acids is 2. The highest BCUT2D eigenvalue weighted by Crippen LogP contribution is 2.17. The third-order valence-electron chi connectivity index (χ3n) is 3.21. The molecule has 0 unspecified atom stereocenters. The molecule has 0 heterocycles. The molecule has 0 aliphatic rings. The molecule has 0 saturated carbocycles. The van der Waals surface area contributed by atoms with Crippen LogP contribution in [0.2, 0.25) is 0 Å². The highest BCUT2D eigenvalue weighted by atomic mass is 19.1. The van der Waals surface area contributed by atoms with Gasteiger partial charge >= 0.3 is 0 Å². The predicted octanol–water partition coefficient (Wildman–Crippen LogP) is 3.39. The van der Waals surface area contributed by atoms with Gasteiger partial charge in [-0.15, -0.1) is 0 Å². The Balaban J connectivity index is 2.00. The molecule has 2 N–H and O–H groups in total. The second-order valence-corrected chi connectivity index (χ2v) is 4.96. The van der Waals surface area contributed by atoms with Crippen molar-refractivity contribution < 1.29 is 14.0 Å². The van der Waals surface area contributed by atoms with Crippen molar-refractivity contribution in [2.45, 2.75) is 13.8 Å². The number of carbonyl (C=O) groups is 2. The highest BCUT2D eigenvalue weighted by Gasteiger charge is 2.09. The van der Waals surface area contributed by atoms with Crippen LogP contribution in [0.5, 0.6) is 0 Å². The lowest BCUT2D eigenvalue weighted by molar-refractivity contribution is -0.114. The van der Waals surface area contributed by atoms with E-state index in [9.17, 15) is 14.0 Å². The normalized spacial score (nSPS) is 10.1. The van der Waals surface area contributed by atoms with Crippen LogP contribution in [0.15, 0.2) is 42.5 Å². The summed E-state index contributed by atoms with van der Waals surface area (Å²) in [7, 11) is 0. The minimum atomic E-state index is -0.317. The molecule has 0 bridgehead atoms. The third kappa shape index (κ3) is 3.91. The summed E-state index contributed by atoms with van der Waals surface area (Å²) in [5.74, 6) is -0.710. The Bertz CT molecular complexity index is 714. The smallest absolute Gasteiger partial charge is 0.243 e. The van der Waals surface area contributed by atoms with E-state index in [0.717, 1.165) is 5.56 Å². The summed E-state index contributed by atoms with van der Waals surface area (Å²) in [6.45, 7) is 3.23. The van der Waals surface area contributed by atoms with Crippen LogP contribution in [0.4, 0.5) is 15.8 Å². The summed E-state index contributed by atoms with van der Waals surface area (Å²) in [5.41, 5.74) is 2.36. The van der Waals surface area contributed by atoms with Gasteiger partial charge in [0.1, 0.15) is 5.82 Å². The first-order valence-electron chi connectivity index (χ1n) is 6.87. The van der Waals surface area contributed by atoms with E-state index in [1.165, 1.54) is 19.1 Å². The van der Waals surface area contributed by atoms with E-state index >= 15 is 0 Å². The first kappa shape index (κ1) is 15.7. The zero-order chi connectivity index (χ0) is 16.1. The van der Waals surface area contributed by atoms with Crippen LogP contribution in [-0.2, 0) is 4.79 Å². The molecule has 5 heteroatoms. The van der Waals surface area contributed by atoms with Gasteiger partial charge in [-0.1, -0.05) is 12.1 Å². The zero-order valence-corrected chi connectivity index (χ0v) is 12.4. The van der Waals surface area contributed by atoms with Crippen molar-refractivity contribution in [2.75, 3.05) is 17.2 Å². The van der Waals surface area contributed by atoms with Crippen molar-refractivity contribution in [3.05, 3.63) is 59.4 Å². The minimum absolute atomic E-state index is 0.0265. The second-order valence-electron chi connectivity index (χ2n) is 4.96. The molecular formula is C17H17FN2O2. The SMILES string of the molecule is CC(=O)c1ccccc1NC(=O)CNc1ccc(F)cc1C. The van der Waals surface area contributed by atoms with E-state index in [1.807, 2.05) is 0 Å². The number of aryl methyl sites for hydroxylation is 1. The maximum atomic E-state index is 13.0. The van der Waals surface area contributed by atoms with Crippen LogP contribution in [0.1, 0.15) is 22.8 Å². The number of para-hydroxylation sites is 1. The Kier molecular flexibility index (Phi) is 4.88. The zero-order valence-electron chi connectivity index (χ0n) is 12.4. The molecule has 0 aromatic heterocycles. The number of hydrogen-bond acceptors (Lipinski definition) is 3. The molecule has 2 aromatic carbocycles. The summed E-state index contributed by atoms with van der Waals surface area (Å²) in [4.78, 5) is 23.5. The fraction of sp³-hybridized carbons (Fsp3) is 0.176. The van der Waals surface area contributed by atoms with Crippen LogP contribution in [0, 0.1) is 12.7 Å². The summed E-state index contributed by atoms with van der Waals surface area (Å²) >= 11 is 0. The largest absolute Gasteiger partial charge is 0.376 e. The number of ketones is 1. The van der Waals surface area contributed by atoms with Gasteiger partial charge in [0.15, 0.2) is 5.78 Å². The Hall–Kier alpha value is -2.69. The van der Waals surface area contributed by atoms with Crippen molar-refractivity contribution in [3.63, 3.8) is 0 Å². The molecule has 0 spiro atoms. The van der Waals surface area contributed by atoms with Crippen LogP contribution in [0.3, 0.4) is 0 Å². The Morgan fingerprint density at radius 3 is 2.50 bits per heavy atom. The molecule has 0 atom stereocenters. The number of hydrogen-bond donors (Lipinski definition) is 2. The van der Waals surface area contributed by atoms with Gasteiger partial charge in [-0.25, -0.2) is 4.39 Å². The van der Waals surface area contributed by atoms with E-state index in [0.29, 0.717) is 16.9 Å². The Morgan fingerprint density at radius 1 is 1.09 bits per heavy atom. The predicted molar refractivity (Wildman–Crippen MR) is 84.7 cm³/mol. The van der Waals surface area contributed by atoms with Crippen molar-refractivity contribution in [3.8, 4) is 0 Å². The van der Waals surface area contributed by atoms with Crippen LogP contribution < -0.4 is 10.6 Å². The van der Waals surface area contributed by atoms with E-state index in [1.54, 1.807) is 37.3 Å². The molecule has 4 nitrogen and oxygen atoms in total. The fourth-order valence-corrected chi connectivity index (χ4v) is 2.09. The monoisotopic (exact) mass is 300 g/mol. The van der Waals surface area contributed by atoms with E-state index in [2.05, 4.69) is 10.6 Å². The van der Waals surface area contributed by atoms with Crippen molar-refractivity contribution in [2.24, 2.45) is 0 Å². The Labute approximate surface area is 128 Å². The number of nitrogens with one attached hydrogen (secondary N) is 2. The number of Topliss-reactive ketones (excluding diaryl/α,β-unsaturated/α-hetero) is 1. The number of amides is 1. The van der Waals surface area contributed by atoms with Crippen LogP contribution in [0.25, 0.3) is 0 Å². The lowest BCUT2D eigenvalue weighted by Gasteiger charge is -2.11. The van der Waals surface area contributed by atoms with Gasteiger partial charge in [0, 0.05) is 11.3 Å². The van der Waals surface area contributed by atoms with Gasteiger partial charge in [0.25, 0.3) is 0 Å². The first-order valence-corrected chi connectivity index (χ1v) is 6.87. The van der Waals surface area contributed by atoms with Gasteiger partial charge in [-0.2, -0.15) is 0 Å². The van der Waals surface area contributed by atoms with Crippen molar-refractivity contribution >= 4 is 23.1 Å². The molecule has 1 amide bonds. The number of benzene rings is 2. The summed E-state index contributed by atoms with van der Waals surface area (Å²) < 4.78 is 13.0. The maximum Gasteiger partial charge on any atom is 0.243 e. The van der Waals surface area contributed by atoms with E-state index in [4.69, 9.17) is 0 Å². The topological polar surface area (TPSA) is 58.2 Å². The first-order chi connectivity index (χ1) is 10.5. The molecule has 0 aliphatic carbocycles. The number of halogens is 1. The fourth-order valence-electron chi connectivity index (χ4n) is 2.09. The van der Waals surface area contributed by atoms with Gasteiger partial charge in [0.05, 0.1) is 12.2 Å². The minimum Gasteiger partial charge on any atom is -0.376 e. The summed E-state index contributed by atoms with van der Waals surface area (Å²) in [6.07, 6.45) is 0. The number of rotatable bonds is 5. The lowest BCUT2D eigenvalue weighted by atomic mass is 10.1. The van der Waals surface area contributed by atoms with Crippen molar-refractivity contribution in [1.29, 1.82) is 0 Å². The lowest BCUT2D eigenvalue weighted by Crippen LogP contribution is -2.23. The summed E-state index contributed by atoms with van der Waals surface area (Å²) in [6, 6.07) is 11.1. The molecule has 2 aromatic rings. The summed E-state index contributed by atoms with van der Waals surface area (Å²) in [5, 5.41) is 5.64. The molecular weight excluding hydrogens is 283 g/mol. The molecule has 0 aliphatic heterocycles. The van der Waals surface area contributed by atoms with E-state index in [-0.39, 0.29) is 24.1 Å². The van der Waals surface area contributed by atoms with Gasteiger partial charge in [-0.05, 0) is 49.7 Å². The van der Waals surface area contributed by atoms with Gasteiger partial charge in [0.2, 0.25) is 5.91 Å². The molecule has 0 saturated heterocycles. The van der Waals surface area contributed by atoms with Crippen molar-refractivity contribution in [1.82, 2.24) is 0 Å². The third-order valence-corrected chi connectivity index (χ3v) is 3.21. The standard InChI is InChI=1S/C17H17FN2O2/c1-11-9-13(18)7-8-15(11)19-10-17(22)20-16-6-4-3-5-14(16)12(2)21/h3-9,19H,10H2,1-2H3,(H,20,22). The highest BCUT2D eigenvalue weighted by molar-refractivity contribution is 6.04. The van der Waals surface area contributed by atoms with Crippen LogP contribution in [-0.4, -0.2) is 18.2 Å². The quantitative estimate of drug-likeness (QED) is 0.832. The molecule has 2 rings (SSSR count). The second kappa shape index (κ2) is 6.85. The maximum absolute atomic E-state index is 13.0. The number of anilines is 2. The molecule has 0 radical (unpaired) electrons. The average molecular weight is 300 g/mol. The van der Waals surface area contributed by atoms with Gasteiger partial charge in [-0.3, -0.25) is 9.59 Å².